The summed E-state index contributed by atoms with van der Waals surface area (Å²) in [6.07, 6.45) is 3.27. The molecule has 0 saturated carbocycles. The molecular formula is C47H47GeIrN3O-2. The maximum Gasteiger partial charge on any atom is 0 e. The van der Waals surface area contributed by atoms with E-state index >= 15 is 0 Å². The van der Waals surface area contributed by atoms with Crippen molar-refractivity contribution in [1.82, 2.24) is 14.5 Å². The van der Waals surface area contributed by atoms with E-state index < -0.39 is 13.3 Å². The fraction of sp³-hybridized carbons (Fsp3) is 0.234. The second-order valence-electron chi connectivity index (χ2n) is 16.1. The van der Waals surface area contributed by atoms with Crippen molar-refractivity contribution in [3.05, 3.63) is 145 Å². The predicted octanol–water partition coefficient (Wildman–Crippen LogP) is 12.0. The third-order valence-corrected chi connectivity index (χ3v) is 13.9. The van der Waals surface area contributed by atoms with Gasteiger partial charge in [0.2, 0.25) is 0 Å². The van der Waals surface area contributed by atoms with E-state index in [2.05, 4.69) is 142 Å². The molecule has 6 heteroatoms. The third kappa shape index (κ3) is 8.13. The minimum absolute atomic E-state index is 0. The SMILES string of the molecule is CC(C)(C)c1ccc(-n2c(-c3[c-]ccc4c3oc3ccccc34)nc3ccccc32)cc1.CC(C)Cc1cc(-c2[c-]cccc2)nc[c]1[Ge]([CH3])([CH3])[CH3].[Ir]. The van der Waals surface area contributed by atoms with Gasteiger partial charge in [-0.2, -0.15) is 0 Å². The molecule has 0 amide bonds. The van der Waals surface area contributed by atoms with Gasteiger partial charge in [-0.15, -0.1) is 18.2 Å². The number of furan rings is 1. The Hall–Kier alpha value is -4.29. The first-order chi connectivity index (χ1) is 24.9. The quantitative estimate of drug-likeness (QED) is 0.123. The van der Waals surface area contributed by atoms with Crippen molar-refractivity contribution in [3.63, 3.8) is 0 Å². The minimum atomic E-state index is -1.86. The maximum atomic E-state index is 6.30. The zero-order chi connectivity index (χ0) is 36.6. The van der Waals surface area contributed by atoms with E-state index in [1.54, 1.807) is 4.40 Å². The van der Waals surface area contributed by atoms with Crippen LogP contribution in [0.4, 0.5) is 0 Å². The zero-order valence-corrected chi connectivity index (χ0v) is 36.4. The molecule has 271 valence electrons. The first-order valence-corrected chi connectivity index (χ1v) is 25.6. The monoisotopic (exact) mass is 936 g/mol. The summed E-state index contributed by atoms with van der Waals surface area (Å²) in [7, 11) is 0. The van der Waals surface area contributed by atoms with E-state index in [4.69, 9.17) is 14.4 Å². The van der Waals surface area contributed by atoms with E-state index in [9.17, 15) is 0 Å². The van der Waals surface area contributed by atoms with E-state index in [0.717, 1.165) is 67.7 Å². The van der Waals surface area contributed by atoms with Crippen LogP contribution in [0, 0.1) is 18.1 Å². The summed E-state index contributed by atoms with van der Waals surface area (Å²) in [5, 5.41) is 2.19. The van der Waals surface area contributed by atoms with E-state index in [-0.39, 0.29) is 25.5 Å². The molecule has 0 bridgehead atoms. The first-order valence-electron chi connectivity index (χ1n) is 18.3. The number of nitrogens with zero attached hydrogens (tertiary/aromatic N) is 3. The topological polar surface area (TPSA) is 43.9 Å². The van der Waals surface area contributed by atoms with Gasteiger partial charge in [-0.05, 0) is 41.3 Å². The van der Waals surface area contributed by atoms with Gasteiger partial charge in [0.15, 0.2) is 0 Å². The van der Waals surface area contributed by atoms with Crippen molar-refractivity contribution in [2.24, 2.45) is 5.92 Å². The van der Waals surface area contributed by atoms with E-state index in [0.29, 0.717) is 5.92 Å². The molecule has 0 fully saturated rings. The summed E-state index contributed by atoms with van der Waals surface area (Å²) in [6, 6.07) is 46.3. The van der Waals surface area contributed by atoms with Crippen LogP contribution in [0.2, 0.25) is 17.3 Å². The molecule has 0 aliphatic carbocycles. The zero-order valence-electron chi connectivity index (χ0n) is 31.9. The molecule has 3 heterocycles. The van der Waals surface area contributed by atoms with Crippen molar-refractivity contribution in [2.45, 2.75) is 63.7 Å². The van der Waals surface area contributed by atoms with Gasteiger partial charge in [-0.1, -0.05) is 74.2 Å². The summed E-state index contributed by atoms with van der Waals surface area (Å²) < 4.78 is 10.1. The van der Waals surface area contributed by atoms with E-state index in [1.165, 1.54) is 11.1 Å². The number of hydrogen-bond donors (Lipinski definition) is 0. The molecular weight excluding hydrogens is 887 g/mol. The van der Waals surface area contributed by atoms with Crippen molar-refractivity contribution in [1.29, 1.82) is 0 Å². The second kappa shape index (κ2) is 15.6. The molecule has 3 aromatic heterocycles. The molecule has 8 aromatic rings. The molecule has 5 aromatic carbocycles. The van der Waals surface area contributed by atoms with Crippen LogP contribution < -0.4 is 4.40 Å². The molecule has 0 aliphatic heterocycles. The maximum absolute atomic E-state index is 6.30. The Morgan fingerprint density at radius 2 is 1.51 bits per heavy atom. The number of para-hydroxylation sites is 3. The Labute approximate surface area is 330 Å². The van der Waals surface area contributed by atoms with Crippen LogP contribution >= 0.6 is 0 Å². The molecule has 0 saturated heterocycles. The Morgan fingerprint density at radius 3 is 2.21 bits per heavy atom. The summed E-state index contributed by atoms with van der Waals surface area (Å²) >= 11 is -1.86. The van der Waals surface area contributed by atoms with Crippen LogP contribution in [-0.4, -0.2) is 27.8 Å². The average Bonchev–Trinajstić information content (AvgIpc) is 3.70. The third-order valence-electron chi connectivity index (χ3n) is 9.53. The number of rotatable bonds is 6. The number of aromatic nitrogens is 3. The fourth-order valence-electron chi connectivity index (χ4n) is 6.90. The van der Waals surface area contributed by atoms with Gasteiger partial charge in [0, 0.05) is 31.2 Å². The Bertz CT molecular complexity index is 2480. The van der Waals surface area contributed by atoms with Crippen LogP contribution in [0.1, 0.15) is 45.7 Å². The normalized spacial score (nSPS) is 11.9. The van der Waals surface area contributed by atoms with Crippen LogP contribution in [0.3, 0.4) is 0 Å². The standard InChI is InChI=1S/C29H23N2O.C18H24GeN.Ir/c1-29(2,3)19-15-17-20(18-16-19)31-25-13-6-5-12-24(25)30-28(31)23-11-8-10-22-21-9-4-7-14-26(21)32-27(22)23;1-14(2)11-16-12-18(15-9-7-6-8-10-15)20-13-17(16)19(3,4)5;/h4-10,12-18H,1-3H3;6-9,12-14H,11H2,1-5H3;/q2*-1;. The number of hydrogen-bond acceptors (Lipinski definition) is 3. The number of fused-ring (bicyclic) bond motifs is 4. The molecule has 0 N–H and O–H groups in total. The first kappa shape index (κ1) is 38.4. The number of pyridine rings is 1. The molecule has 0 unspecified atom stereocenters. The van der Waals surface area contributed by atoms with Crippen molar-refractivity contribution < 1.29 is 24.5 Å². The molecule has 4 nitrogen and oxygen atoms in total. The summed E-state index contributed by atoms with van der Waals surface area (Å²) in [4.78, 5) is 9.72. The van der Waals surface area contributed by atoms with Crippen molar-refractivity contribution >= 4 is 50.6 Å². The molecule has 0 aliphatic rings. The van der Waals surface area contributed by atoms with Crippen molar-refractivity contribution in [2.75, 3.05) is 0 Å². The molecule has 8 rings (SSSR count). The van der Waals surface area contributed by atoms with Gasteiger partial charge in [0.25, 0.3) is 0 Å². The number of benzene rings is 5. The minimum Gasteiger partial charge on any atom is 0 e. The van der Waals surface area contributed by atoms with E-state index in [1.807, 2.05) is 48.5 Å². The molecule has 0 atom stereocenters. The fourth-order valence-corrected chi connectivity index (χ4v) is 10.2. The largest absolute Gasteiger partial charge is 0 e. The summed E-state index contributed by atoms with van der Waals surface area (Å²) in [6.45, 7) is 11.3. The second-order valence-corrected chi connectivity index (χ2v) is 26.7. The Kier molecular flexibility index (Phi) is 11.3. The van der Waals surface area contributed by atoms with Crippen LogP contribution in [0.5, 0.6) is 0 Å². The van der Waals surface area contributed by atoms with Crippen LogP contribution in [0.25, 0.3) is 61.3 Å². The average molecular weight is 935 g/mol. The molecule has 1 radical (unpaired) electrons. The Balaban J connectivity index is 0.000000199. The molecule has 53 heavy (non-hydrogen) atoms. The van der Waals surface area contributed by atoms with Crippen LogP contribution in [-0.2, 0) is 31.9 Å². The van der Waals surface area contributed by atoms with Gasteiger partial charge in [0.05, 0.1) is 22.4 Å². The summed E-state index contributed by atoms with van der Waals surface area (Å²) in [5.41, 5.74) is 10.7. The molecule has 0 spiro atoms. The van der Waals surface area contributed by atoms with Gasteiger partial charge in [-0.25, -0.2) is 0 Å². The van der Waals surface area contributed by atoms with Gasteiger partial charge >= 0.3 is 126 Å². The van der Waals surface area contributed by atoms with Gasteiger partial charge in [0.1, 0.15) is 5.58 Å². The van der Waals surface area contributed by atoms with Crippen LogP contribution in [0.15, 0.2) is 126 Å². The van der Waals surface area contributed by atoms with Gasteiger partial charge in [-0.3, -0.25) is 4.98 Å². The summed E-state index contributed by atoms with van der Waals surface area (Å²) in [5.74, 6) is 8.83. The predicted molar refractivity (Wildman–Crippen MR) is 221 cm³/mol. The van der Waals surface area contributed by atoms with Crippen molar-refractivity contribution in [3.8, 4) is 28.3 Å². The Morgan fingerprint density at radius 1 is 0.792 bits per heavy atom. The smallest absolute Gasteiger partial charge is 0 e. The number of imidazole rings is 1. The van der Waals surface area contributed by atoms with Gasteiger partial charge < -0.3 is 8.98 Å².